The average molecular weight is 384 g/mol. The Kier molecular flexibility index (Phi) is 5.83. The normalized spacial score (nSPS) is 10.3. The number of aryl methyl sites for hydroxylation is 1. The van der Waals surface area contributed by atoms with Gasteiger partial charge >= 0.3 is 0 Å². The molecule has 1 amide bonds. The molecule has 27 heavy (non-hydrogen) atoms. The Morgan fingerprint density at radius 3 is 2.74 bits per heavy atom. The molecule has 0 atom stereocenters. The van der Waals surface area contributed by atoms with Crippen molar-refractivity contribution in [2.24, 2.45) is 0 Å². The van der Waals surface area contributed by atoms with Crippen LogP contribution in [0.3, 0.4) is 0 Å². The van der Waals surface area contributed by atoms with Crippen LogP contribution in [-0.4, -0.2) is 28.0 Å². The van der Waals surface area contributed by atoms with Crippen molar-refractivity contribution >= 4 is 29.0 Å². The molecule has 3 aromatic rings. The Bertz CT molecular complexity index is 950. The van der Waals surface area contributed by atoms with Crippen molar-refractivity contribution in [1.82, 2.24) is 15.0 Å². The number of rotatable bonds is 6. The number of nitrogens with zero attached hydrogens (tertiary/aromatic N) is 3. The minimum atomic E-state index is -0.359. The Morgan fingerprint density at radius 2 is 2.04 bits per heavy atom. The van der Waals surface area contributed by atoms with Gasteiger partial charge in [-0.25, -0.2) is 9.97 Å². The highest BCUT2D eigenvalue weighted by molar-refractivity contribution is 6.32. The molecular weight excluding hydrogens is 366 g/mol. The lowest BCUT2D eigenvalue weighted by atomic mass is 10.2. The molecule has 138 valence electrons. The first-order chi connectivity index (χ1) is 13.0. The third-order valence-corrected chi connectivity index (χ3v) is 3.95. The summed E-state index contributed by atoms with van der Waals surface area (Å²) in [6.07, 6.45) is 1.72. The Morgan fingerprint density at radius 1 is 1.19 bits per heavy atom. The zero-order chi connectivity index (χ0) is 19.2. The number of benzene rings is 1. The second-order valence-corrected chi connectivity index (χ2v) is 6.07. The number of amides is 1. The number of pyridine rings is 1. The van der Waals surface area contributed by atoms with E-state index in [1.54, 1.807) is 37.4 Å². The first kappa shape index (κ1) is 18.6. The molecule has 3 rings (SSSR count). The first-order valence-electron chi connectivity index (χ1n) is 8.19. The van der Waals surface area contributed by atoms with Crippen molar-refractivity contribution < 1.29 is 9.53 Å². The number of hydrogen-bond acceptors (Lipinski definition) is 6. The van der Waals surface area contributed by atoms with E-state index in [-0.39, 0.29) is 11.6 Å². The van der Waals surface area contributed by atoms with Crippen LogP contribution >= 0.6 is 11.6 Å². The van der Waals surface area contributed by atoms with Gasteiger partial charge in [0, 0.05) is 18.0 Å². The molecule has 1 aromatic carbocycles. The molecule has 2 N–H and O–H groups in total. The number of carbonyl (C=O) groups is 1. The summed E-state index contributed by atoms with van der Waals surface area (Å²) in [7, 11) is 1.53. The molecule has 2 aromatic heterocycles. The standard InChI is InChI=1S/C19H18ClN5O2/c1-12-23-16(10-18(24-12)22-11-14-5-3-4-8-21-14)19(26)25-13-6-7-17(27-2)15(20)9-13/h3-10H,11H2,1-2H3,(H,25,26)(H,22,23,24). The molecule has 0 spiro atoms. The van der Waals surface area contributed by atoms with Crippen LogP contribution in [-0.2, 0) is 6.54 Å². The summed E-state index contributed by atoms with van der Waals surface area (Å²) in [5.41, 5.74) is 1.66. The fourth-order valence-electron chi connectivity index (χ4n) is 2.40. The fraction of sp³-hybridized carbons (Fsp3) is 0.158. The number of ether oxygens (including phenoxy) is 1. The molecule has 0 fully saturated rings. The van der Waals surface area contributed by atoms with Crippen molar-refractivity contribution in [3.05, 3.63) is 70.9 Å². The van der Waals surface area contributed by atoms with E-state index < -0.39 is 0 Å². The Balaban J connectivity index is 1.72. The third-order valence-electron chi connectivity index (χ3n) is 3.66. The van der Waals surface area contributed by atoms with Gasteiger partial charge in [-0.3, -0.25) is 9.78 Å². The van der Waals surface area contributed by atoms with Gasteiger partial charge in [-0.1, -0.05) is 17.7 Å². The van der Waals surface area contributed by atoms with Crippen LogP contribution in [0.1, 0.15) is 22.0 Å². The van der Waals surface area contributed by atoms with E-state index in [9.17, 15) is 4.79 Å². The first-order valence-corrected chi connectivity index (χ1v) is 8.57. The van der Waals surface area contributed by atoms with Crippen molar-refractivity contribution in [3.8, 4) is 5.75 Å². The molecule has 0 aliphatic carbocycles. The summed E-state index contributed by atoms with van der Waals surface area (Å²) in [4.78, 5) is 25.3. The molecule has 2 heterocycles. The van der Waals surface area contributed by atoms with E-state index in [1.165, 1.54) is 7.11 Å². The van der Waals surface area contributed by atoms with Crippen molar-refractivity contribution in [2.45, 2.75) is 13.5 Å². The quantitative estimate of drug-likeness (QED) is 0.674. The maximum Gasteiger partial charge on any atom is 0.274 e. The number of anilines is 2. The van der Waals surface area contributed by atoms with Crippen molar-refractivity contribution in [2.75, 3.05) is 17.7 Å². The fourth-order valence-corrected chi connectivity index (χ4v) is 2.66. The molecule has 0 unspecified atom stereocenters. The minimum Gasteiger partial charge on any atom is -0.495 e. The Labute approximate surface area is 161 Å². The second-order valence-electron chi connectivity index (χ2n) is 5.66. The number of hydrogen-bond donors (Lipinski definition) is 2. The van der Waals surface area contributed by atoms with Crippen LogP contribution in [0.4, 0.5) is 11.5 Å². The highest BCUT2D eigenvalue weighted by Crippen LogP contribution is 2.27. The summed E-state index contributed by atoms with van der Waals surface area (Å²) >= 11 is 6.09. The number of aromatic nitrogens is 3. The van der Waals surface area contributed by atoms with Gasteiger partial charge in [-0.15, -0.1) is 0 Å². The molecule has 7 nitrogen and oxygen atoms in total. The summed E-state index contributed by atoms with van der Waals surface area (Å²) in [6.45, 7) is 2.22. The summed E-state index contributed by atoms with van der Waals surface area (Å²) in [5, 5.41) is 6.33. The summed E-state index contributed by atoms with van der Waals surface area (Å²) in [5.74, 6) is 1.21. The van der Waals surface area contributed by atoms with E-state index in [0.29, 0.717) is 34.6 Å². The third kappa shape index (κ3) is 4.92. The predicted molar refractivity (Wildman–Crippen MR) is 104 cm³/mol. The highest BCUT2D eigenvalue weighted by Gasteiger charge is 2.12. The molecule has 0 aliphatic heterocycles. The monoisotopic (exact) mass is 383 g/mol. The average Bonchev–Trinajstić information content (AvgIpc) is 2.67. The van der Waals surface area contributed by atoms with Crippen LogP contribution in [0.5, 0.6) is 5.75 Å². The second kappa shape index (κ2) is 8.46. The van der Waals surface area contributed by atoms with Crippen LogP contribution < -0.4 is 15.4 Å². The van der Waals surface area contributed by atoms with Crippen LogP contribution in [0, 0.1) is 6.92 Å². The number of halogens is 1. The number of carbonyl (C=O) groups excluding carboxylic acids is 1. The topological polar surface area (TPSA) is 89.0 Å². The Hall–Kier alpha value is -3.19. The lowest BCUT2D eigenvalue weighted by Gasteiger charge is -2.10. The van der Waals surface area contributed by atoms with Gasteiger partial charge in [0.1, 0.15) is 23.1 Å². The van der Waals surface area contributed by atoms with Crippen LogP contribution in [0.2, 0.25) is 5.02 Å². The molecule has 0 saturated carbocycles. The SMILES string of the molecule is COc1ccc(NC(=O)c2cc(NCc3ccccn3)nc(C)n2)cc1Cl. The van der Waals surface area contributed by atoms with E-state index in [4.69, 9.17) is 16.3 Å². The minimum absolute atomic E-state index is 0.248. The number of nitrogens with one attached hydrogen (secondary N) is 2. The van der Waals surface area contributed by atoms with Gasteiger partial charge in [0.05, 0.1) is 24.4 Å². The maximum absolute atomic E-state index is 12.5. The van der Waals surface area contributed by atoms with Gasteiger partial charge in [-0.2, -0.15) is 0 Å². The lowest BCUT2D eigenvalue weighted by molar-refractivity contribution is 0.102. The van der Waals surface area contributed by atoms with Crippen molar-refractivity contribution in [3.63, 3.8) is 0 Å². The highest BCUT2D eigenvalue weighted by atomic mass is 35.5. The number of methoxy groups -OCH3 is 1. The smallest absolute Gasteiger partial charge is 0.274 e. The molecule has 8 heteroatoms. The zero-order valence-corrected chi connectivity index (χ0v) is 15.6. The summed E-state index contributed by atoms with van der Waals surface area (Å²) < 4.78 is 5.11. The van der Waals surface area contributed by atoms with E-state index >= 15 is 0 Å². The molecule has 0 radical (unpaired) electrons. The van der Waals surface area contributed by atoms with Gasteiger partial charge in [0.25, 0.3) is 5.91 Å². The maximum atomic E-state index is 12.5. The van der Waals surface area contributed by atoms with E-state index in [2.05, 4.69) is 25.6 Å². The summed E-state index contributed by atoms with van der Waals surface area (Å²) in [6, 6.07) is 12.3. The van der Waals surface area contributed by atoms with E-state index in [1.807, 2.05) is 18.2 Å². The van der Waals surface area contributed by atoms with Gasteiger partial charge < -0.3 is 15.4 Å². The molecule has 0 bridgehead atoms. The van der Waals surface area contributed by atoms with Crippen LogP contribution in [0.25, 0.3) is 0 Å². The van der Waals surface area contributed by atoms with Gasteiger partial charge in [0.15, 0.2) is 0 Å². The van der Waals surface area contributed by atoms with E-state index in [0.717, 1.165) is 5.69 Å². The molecule has 0 aliphatic rings. The lowest BCUT2D eigenvalue weighted by Crippen LogP contribution is -2.16. The predicted octanol–water partition coefficient (Wildman–Crippen LogP) is 3.71. The molecular formula is C19H18ClN5O2. The van der Waals surface area contributed by atoms with Crippen molar-refractivity contribution in [1.29, 1.82) is 0 Å². The zero-order valence-electron chi connectivity index (χ0n) is 14.9. The van der Waals surface area contributed by atoms with Gasteiger partial charge in [-0.05, 0) is 37.3 Å². The largest absolute Gasteiger partial charge is 0.495 e. The van der Waals surface area contributed by atoms with Gasteiger partial charge in [0.2, 0.25) is 0 Å². The molecule has 0 saturated heterocycles. The van der Waals surface area contributed by atoms with Crippen LogP contribution in [0.15, 0.2) is 48.7 Å².